The normalized spacial score (nSPS) is 11.3. The van der Waals surface area contributed by atoms with Gasteiger partial charge in [-0.3, -0.25) is 4.79 Å². The summed E-state index contributed by atoms with van der Waals surface area (Å²) in [5.74, 6) is -1.28. The Morgan fingerprint density at radius 2 is 2.00 bits per heavy atom. The summed E-state index contributed by atoms with van der Waals surface area (Å²) in [6.45, 7) is 5.90. The zero-order valence-electron chi connectivity index (χ0n) is 10.4. The molecule has 0 radical (unpaired) electrons. The maximum Gasteiger partial charge on any atom is 0.255 e. The van der Waals surface area contributed by atoms with Crippen LogP contribution < -0.4 is 5.32 Å². The maximum atomic E-state index is 12.8. The number of carbonyl (C=O) groups is 1. The number of halogens is 1. The maximum absolute atomic E-state index is 12.8. The monoisotopic (exact) mass is 239 g/mol. The smallest absolute Gasteiger partial charge is 0.255 e. The van der Waals surface area contributed by atoms with Gasteiger partial charge < -0.3 is 10.4 Å². The Morgan fingerprint density at radius 3 is 2.47 bits per heavy atom. The van der Waals surface area contributed by atoms with Crippen molar-refractivity contribution in [2.45, 2.75) is 39.2 Å². The fourth-order valence-electron chi connectivity index (χ4n) is 1.47. The Bertz CT molecular complexity index is 414. The number of phenols is 1. The van der Waals surface area contributed by atoms with Crippen LogP contribution in [0.5, 0.6) is 5.75 Å². The predicted octanol–water partition coefficient (Wildman–Crippen LogP) is 2.84. The van der Waals surface area contributed by atoms with Crippen molar-refractivity contribution >= 4 is 5.91 Å². The summed E-state index contributed by atoms with van der Waals surface area (Å²) in [5.41, 5.74) is -0.211. The quantitative estimate of drug-likeness (QED) is 0.848. The highest BCUT2D eigenvalue weighted by atomic mass is 19.1. The van der Waals surface area contributed by atoms with Gasteiger partial charge >= 0.3 is 0 Å². The molecule has 0 unspecified atom stereocenters. The van der Waals surface area contributed by atoms with Gasteiger partial charge in [0.1, 0.15) is 11.6 Å². The van der Waals surface area contributed by atoms with Gasteiger partial charge in [-0.1, -0.05) is 13.8 Å². The van der Waals surface area contributed by atoms with E-state index in [0.29, 0.717) is 0 Å². The Kier molecular flexibility index (Phi) is 4.10. The van der Waals surface area contributed by atoms with Crippen molar-refractivity contribution in [3.8, 4) is 5.75 Å². The van der Waals surface area contributed by atoms with E-state index >= 15 is 0 Å². The van der Waals surface area contributed by atoms with Crippen LogP contribution in [0.3, 0.4) is 0 Å². The van der Waals surface area contributed by atoms with Crippen LogP contribution in [0, 0.1) is 5.82 Å². The van der Waals surface area contributed by atoms with Crippen LogP contribution >= 0.6 is 0 Å². The van der Waals surface area contributed by atoms with Gasteiger partial charge in [0.15, 0.2) is 0 Å². The molecular weight excluding hydrogens is 221 g/mol. The number of hydrogen-bond acceptors (Lipinski definition) is 2. The summed E-state index contributed by atoms with van der Waals surface area (Å²) < 4.78 is 12.8. The largest absolute Gasteiger partial charge is 0.507 e. The number of benzene rings is 1. The lowest BCUT2D eigenvalue weighted by atomic mass is 9.95. The standard InChI is InChI=1S/C13H18FNO2/c1-4-13(3,5-2)15-12(17)10-7-6-9(14)8-11(10)16/h6-8,16H,4-5H2,1-3H3,(H,15,17). The van der Waals surface area contributed by atoms with Gasteiger partial charge in [-0.05, 0) is 31.9 Å². The lowest BCUT2D eigenvalue weighted by Gasteiger charge is -2.28. The fourth-order valence-corrected chi connectivity index (χ4v) is 1.47. The molecule has 0 aliphatic carbocycles. The van der Waals surface area contributed by atoms with Gasteiger partial charge in [0, 0.05) is 11.6 Å². The molecule has 1 rings (SSSR count). The van der Waals surface area contributed by atoms with Crippen LogP contribution in [0.25, 0.3) is 0 Å². The summed E-state index contributed by atoms with van der Waals surface area (Å²) in [6, 6.07) is 3.37. The lowest BCUT2D eigenvalue weighted by Crippen LogP contribution is -2.44. The number of phenolic OH excluding ortho intramolecular Hbond substituents is 1. The van der Waals surface area contributed by atoms with E-state index in [1.54, 1.807) is 0 Å². The van der Waals surface area contributed by atoms with Crippen molar-refractivity contribution in [1.82, 2.24) is 5.32 Å². The molecule has 0 aliphatic rings. The Hall–Kier alpha value is -1.58. The van der Waals surface area contributed by atoms with Gasteiger partial charge in [-0.15, -0.1) is 0 Å². The summed E-state index contributed by atoms with van der Waals surface area (Å²) in [5, 5.41) is 12.4. The number of carbonyl (C=O) groups excluding carboxylic acids is 1. The Morgan fingerprint density at radius 1 is 1.41 bits per heavy atom. The van der Waals surface area contributed by atoms with E-state index in [-0.39, 0.29) is 22.8 Å². The highest BCUT2D eigenvalue weighted by Gasteiger charge is 2.23. The Labute approximate surface area is 101 Å². The van der Waals surface area contributed by atoms with Crippen molar-refractivity contribution < 1.29 is 14.3 Å². The molecular formula is C13H18FNO2. The first-order chi connectivity index (χ1) is 7.91. The molecule has 0 saturated carbocycles. The molecule has 1 amide bonds. The average molecular weight is 239 g/mol. The van der Waals surface area contributed by atoms with Crippen LogP contribution in [-0.2, 0) is 0 Å². The van der Waals surface area contributed by atoms with Gasteiger partial charge in [0.05, 0.1) is 5.56 Å². The van der Waals surface area contributed by atoms with Crippen LogP contribution in [0.15, 0.2) is 18.2 Å². The van der Waals surface area contributed by atoms with Crippen molar-refractivity contribution in [2.75, 3.05) is 0 Å². The summed E-state index contributed by atoms with van der Waals surface area (Å²) >= 11 is 0. The van der Waals surface area contributed by atoms with E-state index in [0.717, 1.165) is 25.0 Å². The third-order valence-corrected chi connectivity index (χ3v) is 3.18. The molecule has 1 aromatic rings. The second kappa shape index (κ2) is 5.17. The summed E-state index contributed by atoms with van der Waals surface area (Å²) in [4.78, 5) is 11.9. The third kappa shape index (κ3) is 3.19. The zero-order chi connectivity index (χ0) is 13.1. The number of aromatic hydroxyl groups is 1. The summed E-state index contributed by atoms with van der Waals surface area (Å²) in [7, 11) is 0. The SMILES string of the molecule is CCC(C)(CC)NC(=O)c1ccc(F)cc1O. The minimum atomic E-state index is -0.562. The lowest BCUT2D eigenvalue weighted by molar-refractivity contribution is 0.0898. The first kappa shape index (κ1) is 13.5. The van der Waals surface area contributed by atoms with Gasteiger partial charge in [0.2, 0.25) is 0 Å². The molecule has 0 heterocycles. The second-order valence-corrected chi connectivity index (χ2v) is 4.38. The zero-order valence-corrected chi connectivity index (χ0v) is 10.4. The molecule has 1 aromatic carbocycles. The van der Waals surface area contributed by atoms with Crippen LogP contribution in [-0.4, -0.2) is 16.6 Å². The molecule has 3 nitrogen and oxygen atoms in total. The third-order valence-electron chi connectivity index (χ3n) is 3.18. The van der Waals surface area contributed by atoms with Crippen molar-refractivity contribution in [3.05, 3.63) is 29.6 Å². The molecule has 0 aliphatic heterocycles. The summed E-state index contributed by atoms with van der Waals surface area (Å²) in [6.07, 6.45) is 1.58. The molecule has 0 atom stereocenters. The minimum absolute atomic E-state index is 0.0968. The van der Waals surface area contributed by atoms with E-state index in [1.165, 1.54) is 6.07 Å². The topological polar surface area (TPSA) is 49.3 Å². The van der Waals surface area contributed by atoms with Gasteiger partial charge in [-0.25, -0.2) is 4.39 Å². The van der Waals surface area contributed by atoms with E-state index < -0.39 is 5.82 Å². The molecule has 4 heteroatoms. The fraction of sp³-hybridized carbons (Fsp3) is 0.462. The van der Waals surface area contributed by atoms with Crippen molar-refractivity contribution in [2.24, 2.45) is 0 Å². The molecule has 0 saturated heterocycles. The molecule has 17 heavy (non-hydrogen) atoms. The van der Waals surface area contributed by atoms with Crippen LogP contribution in [0.4, 0.5) is 4.39 Å². The first-order valence-corrected chi connectivity index (χ1v) is 5.73. The molecule has 2 N–H and O–H groups in total. The molecule has 0 bridgehead atoms. The van der Waals surface area contributed by atoms with Crippen LogP contribution in [0.2, 0.25) is 0 Å². The second-order valence-electron chi connectivity index (χ2n) is 4.38. The highest BCUT2D eigenvalue weighted by molar-refractivity contribution is 5.97. The van der Waals surface area contributed by atoms with Gasteiger partial charge in [0.25, 0.3) is 5.91 Å². The first-order valence-electron chi connectivity index (χ1n) is 5.73. The number of rotatable bonds is 4. The average Bonchev–Trinajstić information content (AvgIpc) is 2.28. The van der Waals surface area contributed by atoms with E-state index in [2.05, 4.69) is 5.32 Å². The number of nitrogens with one attached hydrogen (secondary N) is 1. The van der Waals surface area contributed by atoms with Crippen molar-refractivity contribution in [1.29, 1.82) is 0 Å². The minimum Gasteiger partial charge on any atom is -0.507 e. The Balaban J connectivity index is 2.90. The van der Waals surface area contributed by atoms with E-state index in [4.69, 9.17) is 0 Å². The molecule has 0 fully saturated rings. The highest BCUT2D eigenvalue weighted by Crippen LogP contribution is 2.20. The number of hydrogen-bond donors (Lipinski definition) is 2. The predicted molar refractivity (Wildman–Crippen MR) is 64.5 cm³/mol. The van der Waals surface area contributed by atoms with E-state index in [1.807, 2.05) is 20.8 Å². The van der Waals surface area contributed by atoms with Gasteiger partial charge in [-0.2, -0.15) is 0 Å². The molecule has 0 aromatic heterocycles. The number of amides is 1. The van der Waals surface area contributed by atoms with Crippen LogP contribution in [0.1, 0.15) is 44.0 Å². The van der Waals surface area contributed by atoms with E-state index in [9.17, 15) is 14.3 Å². The van der Waals surface area contributed by atoms with Crippen molar-refractivity contribution in [3.63, 3.8) is 0 Å². The molecule has 94 valence electrons. The molecule has 0 spiro atoms.